The van der Waals surface area contributed by atoms with Gasteiger partial charge in [-0.1, -0.05) is 122 Å². The van der Waals surface area contributed by atoms with Gasteiger partial charge in [-0.15, -0.1) is 0 Å². The van der Waals surface area contributed by atoms with E-state index in [0.717, 1.165) is 30.1 Å². The average Bonchev–Trinajstić information content (AvgIpc) is 3.42. The van der Waals surface area contributed by atoms with Crippen molar-refractivity contribution in [2.24, 2.45) is 11.8 Å². The lowest BCUT2D eigenvalue weighted by Gasteiger charge is -2.22. The van der Waals surface area contributed by atoms with Crippen molar-refractivity contribution in [3.63, 3.8) is 0 Å². The number of carbonyl (C=O) groups excluding carboxylic acids is 1. The third kappa shape index (κ3) is 10.6. The number of unbranched alkanes of at least 4 members (excludes halogenated alkanes) is 3. The molecule has 190 valence electrons. The Hall–Kier alpha value is -1.89. The van der Waals surface area contributed by atoms with Gasteiger partial charge in [-0.05, 0) is 72.6 Å². The average molecular weight is 465 g/mol. The van der Waals surface area contributed by atoms with Crippen molar-refractivity contribution in [3.05, 3.63) is 70.3 Å². The molecule has 0 unspecified atom stereocenters. The summed E-state index contributed by atoms with van der Waals surface area (Å²) < 4.78 is 0. The molecule has 2 aliphatic carbocycles. The summed E-state index contributed by atoms with van der Waals surface area (Å²) >= 11 is 0. The highest BCUT2D eigenvalue weighted by Crippen LogP contribution is 2.27. The molecule has 0 heterocycles. The molecule has 0 bridgehead atoms. The molecular weight excluding hydrogens is 412 g/mol. The standard InChI is InChI=1S/C17H26.C9H10O.C7H14.H2/c1-3-4-5-6-7-15-9-11-16-12-14(2)8-10-17(16)13-15;1-2-8-3-5-9(7-10)6-4-8;1-2-7-5-3-4-6-7;/h9,11,13-14H,3-8,10,12H2,1-2H3;3-7H,2H2,1H3;7H,2-6H2,1H3;1H/t14-;;;/m0.../s1. The molecule has 1 fully saturated rings. The van der Waals surface area contributed by atoms with E-state index in [2.05, 4.69) is 45.9 Å². The predicted molar refractivity (Wildman–Crippen MR) is 151 cm³/mol. The lowest BCUT2D eigenvalue weighted by Crippen LogP contribution is -2.11. The molecule has 0 aromatic heterocycles. The second-order valence-corrected chi connectivity index (χ2v) is 10.5. The molecule has 1 atom stereocenters. The van der Waals surface area contributed by atoms with Crippen LogP contribution < -0.4 is 0 Å². The second-order valence-electron chi connectivity index (χ2n) is 10.5. The quantitative estimate of drug-likeness (QED) is 0.280. The van der Waals surface area contributed by atoms with Gasteiger partial charge in [-0.2, -0.15) is 0 Å². The summed E-state index contributed by atoms with van der Waals surface area (Å²) in [6.45, 7) is 9.05. The first-order valence-electron chi connectivity index (χ1n) is 14.2. The fraction of sp³-hybridized carbons (Fsp3) is 0.606. The van der Waals surface area contributed by atoms with E-state index in [-0.39, 0.29) is 1.43 Å². The highest BCUT2D eigenvalue weighted by molar-refractivity contribution is 5.74. The second kappa shape index (κ2) is 16.7. The first-order chi connectivity index (χ1) is 16.6. The molecule has 1 nitrogen and oxygen atoms in total. The lowest BCUT2D eigenvalue weighted by molar-refractivity contribution is 0.112. The number of aryl methyl sites for hydroxylation is 3. The van der Waals surface area contributed by atoms with E-state index in [1.54, 1.807) is 16.7 Å². The van der Waals surface area contributed by atoms with Crippen LogP contribution in [0.1, 0.15) is 126 Å². The normalized spacial score (nSPS) is 17.1. The van der Waals surface area contributed by atoms with Crippen LogP contribution in [0.15, 0.2) is 42.5 Å². The van der Waals surface area contributed by atoms with Gasteiger partial charge < -0.3 is 0 Å². The maximum Gasteiger partial charge on any atom is 0.150 e. The van der Waals surface area contributed by atoms with Gasteiger partial charge in [0.05, 0.1) is 0 Å². The molecule has 2 aliphatic rings. The van der Waals surface area contributed by atoms with Gasteiger partial charge in [-0.3, -0.25) is 4.79 Å². The summed E-state index contributed by atoms with van der Waals surface area (Å²) in [5.41, 5.74) is 6.83. The van der Waals surface area contributed by atoms with Crippen LogP contribution in [-0.2, 0) is 25.7 Å². The molecule has 2 aromatic rings. The van der Waals surface area contributed by atoms with Crippen molar-refractivity contribution < 1.29 is 6.22 Å². The Labute approximate surface area is 212 Å². The highest BCUT2D eigenvalue weighted by atomic mass is 16.1. The fourth-order valence-electron chi connectivity index (χ4n) is 5.15. The Morgan fingerprint density at radius 3 is 2.15 bits per heavy atom. The zero-order valence-corrected chi connectivity index (χ0v) is 22.6. The summed E-state index contributed by atoms with van der Waals surface area (Å²) in [6.07, 6.45) is 20.1. The topological polar surface area (TPSA) is 17.1 Å². The zero-order chi connectivity index (χ0) is 24.6. The summed E-state index contributed by atoms with van der Waals surface area (Å²) in [5.74, 6) is 1.98. The zero-order valence-electron chi connectivity index (χ0n) is 22.6. The lowest BCUT2D eigenvalue weighted by atomic mass is 9.84. The van der Waals surface area contributed by atoms with Gasteiger partial charge in [0.2, 0.25) is 0 Å². The van der Waals surface area contributed by atoms with E-state index in [1.807, 2.05) is 24.3 Å². The minimum absolute atomic E-state index is 0. The maximum absolute atomic E-state index is 10.2. The number of fused-ring (bicyclic) bond motifs is 1. The summed E-state index contributed by atoms with van der Waals surface area (Å²) in [6, 6.07) is 14.9. The minimum Gasteiger partial charge on any atom is -0.298 e. The molecule has 0 N–H and O–H groups in total. The first-order valence-corrected chi connectivity index (χ1v) is 14.2. The fourth-order valence-corrected chi connectivity index (χ4v) is 5.15. The molecule has 2 aromatic carbocycles. The number of rotatable bonds is 8. The van der Waals surface area contributed by atoms with Gasteiger partial charge in [0.1, 0.15) is 6.29 Å². The molecule has 1 saturated carbocycles. The van der Waals surface area contributed by atoms with E-state index in [9.17, 15) is 4.79 Å². The number of hydrogen-bond donors (Lipinski definition) is 0. The summed E-state index contributed by atoms with van der Waals surface area (Å²) in [5, 5.41) is 0. The van der Waals surface area contributed by atoms with E-state index in [0.29, 0.717) is 0 Å². The largest absolute Gasteiger partial charge is 0.298 e. The Kier molecular flexibility index (Phi) is 13.9. The number of aldehydes is 1. The van der Waals surface area contributed by atoms with Crippen molar-refractivity contribution in [1.82, 2.24) is 0 Å². The molecule has 34 heavy (non-hydrogen) atoms. The highest BCUT2D eigenvalue weighted by Gasteiger charge is 2.15. The smallest absolute Gasteiger partial charge is 0.150 e. The van der Waals surface area contributed by atoms with Crippen molar-refractivity contribution in [1.29, 1.82) is 0 Å². The maximum atomic E-state index is 10.2. The van der Waals surface area contributed by atoms with Crippen LogP contribution in [-0.4, -0.2) is 6.29 Å². The summed E-state index contributed by atoms with van der Waals surface area (Å²) in [7, 11) is 0. The third-order valence-corrected chi connectivity index (χ3v) is 7.64. The van der Waals surface area contributed by atoms with Crippen molar-refractivity contribution in [3.8, 4) is 0 Å². The molecule has 0 saturated heterocycles. The van der Waals surface area contributed by atoms with Gasteiger partial charge >= 0.3 is 0 Å². The van der Waals surface area contributed by atoms with Gasteiger partial charge in [0, 0.05) is 6.99 Å². The van der Waals surface area contributed by atoms with Crippen LogP contribution in [0.4, 0.5) is 0 Å². The van der Waals surface area contributed by atoms with E-state index in [4.69, 9.17) is 0 Å². The molecule has 0 spiro atoms. The molecule has 0 aliphatic heterocycles. The predicted octanol–water partition coefficient (Wildman–Crippen LogP) is 9.83. The van der Waals surface area contributed by atoms with Crippen LogP contribution in [0.3, 0.4) is 0 Å². The molecule has 4 rings (SSSR count). The molecule has 0 amide bonds. The Morgan fingerprint density at radius 1 is 0.853 bits per heavy atom. The van der Waals surface area contributed by atoms with Gasteiger partial charge in [0.25, 0.3) is 0 Å². The Bertz CT molecular complexity index is 804. The van der Waals surface area contributed by atoms with E-state index >= 15 is 0 Å². The van der Waals surface area contributed by atoms with Crippen molar-refractivity contribution in [2.45, 2.75) is 118 Å². The minimum atomic E-state index is 0. The van der Waals surface area contributed by atoms with Gasteiger partial charge in [-0.25, -0.2) is 0 Å². The van der Waals surface area contributed by atoms with Gasteiger partial charge in [0.15, 0.2) is 0 Å². The van der Waals surface area contributed by atoms with Crippen molar-refractivity contribution >= 4 is 6.29 Å². The molecule has 0 radical (unpaired) electrons. The van der Waals surface area contributed by atoms with Crippen LogP contribution >= 0.6 is 0 Å². The number of carbonyl (C=O) groups is 1. The molecular formula is C33H52O. The number of benzene rings is 2. The van der Waals surface area contributed by atoms with Crippen LogP contribution in [0, 0.1) is 11.8 Å². The van der Waals surface area contributed by atoms with Crippen molar-refractivity contribution in [2.75, 3.05) is 0 Å². The first kappa shape index (κ1) is 28.3. The van der Waals surface area contributed by atoms with Crippen LogP contribution in [0.25, 0.3) is 0 Å². The monoisotopic (exact) mass is 464 g/mol. The SMILES string of the molecule is CCC1CCCC1.CCCCCCc1ccc2c(c1)CC[C@H](C)C2.CCc1ccc(C=O)cc1.[HH]. The van der Waals surface area contributed by atoms with Crippen LogP contribution in [0.2, 0.25) is 0 Å². The van der Waals surface area contributed by atoms with Crippen LogP contribution in [0.5, 0.6) is 0 Å². The van der Waals surface area contributed by atoms with E-state index < -0.39 is 0 Å². The Balaban J connectivity index is 0.000000289. The van der Waals surface area contributed by atoms with E-state index in [1.165, 1.54) is 89.0 Å². The number of hydrogen-bond acceptors (Lipinski definition) is 1. The Morgan fingerprint density at radius 2 is 1.56 bits per heavy atom. The summed E-state index contributed by atoms with van der Waals surface area (Å²) in [4.78, 5) is 10.2. The third-order valence-electron chi connectivity index (χ3n) is 7.64. The molecule has 1 heteroatoms.